The molecule has 0 atom stereocenters. The van der Waals surface area contributed by atoms with Gasteiger partial charge in [0.2, 0.25) is 0 Å². The maximum Gasteiger partial charge on any atom is 0.123 e. The van der Waals surface area contributed by atoms with Crippen molar-refractivity contribution in [3.63, 3.8) is 0 Å². The van der Waals surface area contributed by atoms with E-state index in [9.17, 15) is 4.39 Å². The van der Waals surface area contributed by atoms with Gasteiger partial charge in [0.15, 0.2) is 0 Å². The molecule has 0 fully saturated rings. The third-order valence-electron chi connectivity index (χ3n) is 3.45. The smallest absolute Gasteiger partial charge is 0.123 e. The summed E-state index contributed by atoms with van der Waals surface area (Å²) in [5.74, 6) is -0.262. The first kappa shape index (κ1) is 14.7. The molecule has 1 heterocycles. The van der Waals surface area contributed by atoms with Crippen molar-refractivity contribution >= 4 is 40.5 Å². The van der Waals surface area contributed by atoms with Gasteiger partial charge < -0.3 is 0 Å². The van der Waals surface area contributed by atoms with E-state index in [4.69, 9.17) is 11.6 Å². The van der Waals surface area contributed by atoms with E-state index in [1.807, 2.05) is 32.1 Å². The Kier molecular flexibility index (Phi) is 3.90. The Balaban J connectivity index is 2.13. The highest BCUT2D eigenvalue weighted by Crippen LogP contribution is 2.34. The number of benzene rings is 2. The zero-order valence-electron chi connectivity index (χ0n) is 12.3. The van der Waals surface area contributed by atoms with Gasteiger partial charge in [0.1, 0.15) is 5.82 Å². The molecule has 0 saturated carbocycles. The van der Waals surface area contributed by atoms with Gasteiger partial charge in [-0.3, -0.25) is 9.98 Å². The van der Waals surface area contributed by atoms with Crippen LogP contribution in [0.5, 0.6) is 0 Å². The molecule has 0 unspecified atom stereocenters. The van der Waals surface area contributed by atoms with Gasteiger partial charge in [-0.05, 0) is 55.8 Å². The molecule has 0 aliphatic carbocycles. The van der Waals surface area contributed by atoms with Gasteiger partial charge in [-0.1, -0.05) is 23.7 Å². The highest BCUT2D eigenvalue weighted by atomic mass is 35.5. The predicted octanol–water partition coefficient (Wildman–Crippen LogP) is 5.76. The van der Waals surface area contributed by atoms with Gasteiger partial charge in [0, 0.05) is 22.0 Å². The third kappa shape index (κ3) is 3.00. The molecule has 0 spiro atoms. The molecule has 1 aliphatic rings. The summed E-state index contributed by atoms with van der Waals surface area (Å²) in [6.45, 7) is 3.84. The second kappa shape index (κ2) is 5.85. The van der Waals surface area contributed by atoms with Gasteiger partial charge in [-0.25, -0.2) is 4.39 Å². The summed E-state index contributed by atoms with van der Waals surface area (Å²) in [6.07, 6.45) is 1.90. The van der Waals surface area contributed by atoms with Gasteiger partial charge in [-0.2, -0.15) is 0 Å². The lowest BCUT2D eigenvalue weighted by Gasteiger charge is -2.05. The lowest BCUT2D eigenvalue weighted by atomic mass is 10.0. The average molecular weight is 313 g/mol. The first-order valence-electron chi connectivity index (χ1n) is 6.91. The Hall–Kier alpha value is -2.26. The third-order valence-corrected chi connectivity index (χ3v) is 3.69. The number of halogens is 2. The summed E-state index contributed by atoms with van der Waals surface area (Å²) < 4.78 is 13.4. The minimum Gasteiger partial charge on any atom is -0.251 e. The lowest BCUT2D eigenvalue weighted by molar-refractivity contribution is 0.627. The van der Waals surface area contributed by atoms with Crippen molar-refractivity contribution in [3.05, 3.63) is 64.4 Å². The average Bonchev–Trinajstić information content (AvgIpc) is 2.57. The molecule has 0 aromatic heterocycles. The summed E-state index contributed by atoms with van der Waals surface area (Å²) in [5, 5.41) is 0.626. The maximum absolute atomic E-state index is 13.4. The monoisotopic (exact) mass is 312 g/mol. The molecule has 2 aromatic carbocycles. The van der Waals surface area contributed by atoms with Crippen LogP contribution in [0.3, 0.4) is 0 Å². The van der Waals surface area contributed by atoms with E-state index >= 15 is 0 Å². The summed E-state index contributed by atoms with van der Waals surface area (Å²) in [6, 6.07) is 11.9. The van der Waals surface area contributed by atoms with E-state index in [0.717, 1.165) is 33.9 Å². The number of rotatable bonds is 1. The normalized spacial score (nSPS) is 15.9. The van der Waals surface area contributed by atoms with Crippen molar-refractivity contribution in [2.45, 2.75) is 13.8 Å². The van der Waals surface area contributed by atoms with Crippen LogP contribution in [-0.4, -0.2) is 11.4 Å². The van der Waals surface area contributed by atoms with Crippen LogP contribution in [0.25, 0.3) is 6.08 Å². The topological polar surface area (TPSA) is 24.7 Å². The van der Waals surface area contributed by atoms with Gasteiger partial charge in [0.25, 0.3) is 0 Å². The zero-order valence-corrected chi connectivity index (χ0v) is 13.0. The number of allylic oxidation sites excluding steroid dienone is 1. The first-order valence-corrected chi connectivity index (χ1v) is 7.29. The van der Waals surface area contributed by atoms with Crippen LogP contribution < -0.4 is 0 Å². The molecule has 4 heteroatoms. The number of fused-ring (bicyclic) bond motifs is 1. The summed E-state index contributed by atoms with van der Waals surface area (Å²) >= 11 is 6.02. The van der Waals surface area contributed by atoms with Crippen LogP contribution >= 0.6 is 11.6 Å². The summed E-state index contributed by atoms with van der Waals surface area (Å²) in [7, 11) is 0. The van der Waals surface area contributed by atoms with E-state index < -0.39 is 0 Å². The first-order chi connectivity index (χ1) is 10.5. The maximum atomic E-state index is 13.4. The van der Waals surface area contributed by atoms with Crippen molar-refractivity contribution in [3.8, 4) is 0 Å². The van der Waals surface area contributed by atoms with E-state index in [-0.39, 0.29) is 5.82 Å². The van der Waals surface area contributed by atoms with Crippen molar-refractivity contribution in [2.75, 3.05) is 0 Å². The second-order valence-corrected chi connectivity index (χ2v) is 5.58. The molecular weight excluding hydrogens is 299 g/mol. The molecule has 0 N–H and O–H groups in total. The van der Waals surface area contributed by atoms with Gasteiger partial charge in [0.05, 0.1) is 11.4 Å². The van der Waals surface area contributed by atoms with Crippen molar-refractivity contribution < 1.29 is 4.39 Å². The molecule has 110 valence electrons. The number of aliphatic imine (C=N–C) groups is 2. The Labute approximate surface area is 133 Å². The minimum absolute atomic E-state index is 0.262. The van der Waals surface area contributed by atoms with Crippen LogP contribution in [0, 0.1) is 5.82 Å². The highest BCUT2D eigenvalue weighted by molar-refractivity contribution is 6.31. The second-order valence-electron chi connectivity index (χ2n) is 5.14. The summed E-state index contributed by atoms with van der Waals surface area (Å²) in [4.78, 5) is 9.22. The molecule has 0 bridgehead atoms. The Morgan fingerprint density at radius 2 is 1.68 bits per heavy atom. The molecule has 0 radical (unpaired) electrons. The molecular formula is C18H14ClFN2. The van der Waals surface area contributed by atoms with E-state index in [2.05, 4.69) is 9.98 Å². The Bertz CT molecular complexity index is 835. The minimum atomic E-state index is -0.262. The van der Waals surface area contributed by atoms with E-state index in [1.165, 1.54) is 12.1 Å². The van der Waals surface area contributed by atoms with E-state index in [0.29, 0.717) is 5.02 Å². The van der Waals surface area contributed by atoms with Crippen molar-refractivity contribution in [1.82, 2.24) is 0 Å². The Morgan fingerprint density at radius 3 is 2.41 bits per heavy atom. The standard InChI is InChI=1S/C18H14ClFN2/c1-11-16(9-13-4-3-5-15(20)8-13)12(2)22-18-10-14(19)6-7-17(18)21-11/h3-10H,1-2H3/b16-9+. The molecule has 22 heavy (non-hydrogen) atoms. The molecule has 2 aromatic rings. The number of hydrogen-bond donors (Lipinski definition) is 0. The summed E-state index contributed by atoms with van der Waals surface area (Å²) in [5.41, 5.74) is 4.86. The van der Waals surface area contributed by atoms with Crippen LogP contribution in [0.15, 0.2) is 58.0 Å². The molecule has 0 amide bonds. The quantitative estimate of drug-likeness (QED) is 0.639. The van der Waals surface area contributed by atoms with Crippen LogP contribution in [0.2, 0.25) is 5.02 Å². The molecule has 0 saturated heterocycles. The molecule has 2 nitrogen and oxygen atoms in total. The fraction of sp³-hybridized carbons (Fsp3) is 0.111. The predicted molar refractivity (Wildman–Crippen MR) is 91.4 cm³/mol. The van der Waals surface area contributed by atoms with Crippen molar-refractivity contribution in [1.29, 1.82) is 0 Å². The lowest BCUT2D eigenvalue weighted by Crippen LogP contribution is -2.05. The van der Waals surface area contributed by atoms with Crippen LogP contribution in [0.4, 0.5) is 15.8 Å². The van der Waals surface area contributed by atoms with Crippen LogP contribution in [-0.2, 0) is 0 Å². The van der Waals surface area contributed by atoms with Gasteiger partial charge in [-0.15, -0.1) is 0 Å². The Morgan fingerprint density at radius 1 is 0.955 bits per heavy atom. The molecule has 3 rings (SSSR count). The fourth-order valence-electron chi connectivity index (χ4n) is 2.40. The number of nitrogens with zero attached hydrogens (tertiary/aromatic N) is 2. The molecule has 1 aliphatic heterocycles. The number of hydrogen-bond acceptors (Lipinski definition) is 2. The van der Waals surface area contributed by atoms with Crippen LogP contribution in [0.1, 0.15) is 19.4 Å². The largest absolute Gasteiger partial charge is 0.251 e. The fourth-order valence-corrected chi connectivity index (χ4v) is 2.56. The van der Waals surface area contributed by atoms with Crippen molar-refractivity contribution in [2.24, 2.45) is 9.98 Å². The van der Waals surface area contributed by atoms with E-state index in [1.54, 1.807) is 18.2 Å². The zero-order chi connectivity index (χ0) is 15.7. The SMILES string of the molecule is CC1=Nc2ccc(Cl)cc2N=C(C)/C1=C/c1cccc(F)c1. The van der Waals surface area contributed by atoms with Gasteiger partial charge >= 0.3 is 0 Å². The highest BCUT2D eigenvalue weighted by Gasteiger charge is 2.13.